The highest BCUT2D eigenvalue weighted by Crippen LogP contribution is 2.11. The second-order valence-electron chi connectivity index (χ2n) is 4.87. The Labute approximate surface area is 132 Å². The van der Waals surface area contributed by atoms with Crippen molar-refractivity contribution in [3.05, 3.63) is 66.3 Å². The van der Waals surface area contributed by atoms with Gasteiger partial charge < -0.3 is 9.30 Å². The van der Waals surface area contributed by atoms with Gasteiger partial charge in [0.25, 0.3) is 0 Å². The molecule has 0 amide bonds. The Balaban J connectivity index is 1.79. The zero-order valence-corrected chi connectivity index (χ0v) is 12.5. The van der Waals surface area contributed by atoms with Gasteiger partial charge in [0, 0.05) is 24.2 Å². The van der Waals surface area contributed by atoms with E-state index in [0.717, 1.165) is 11.3 Å². The van der Waals surface area contributed by atoms with Crippen LogP contribution in [0.3, 0.4) is 0 Å². The lowest BCUT2D eigenvalue weighted by Gasteiger charge is -2.05. The summed E-state index contributed by atoms with van der Waals surface area (Å²) >= 11 is 0. The smallest absolute Gasteiger partial charge is 0.374 e. The summed E-state index contributed by atoms with van der Waals surface area (Å²) in [5.41, 5.74) is 1.65. The molecule has 23 heavy (non-hydrogen) atoms. The fraction of sp³-hybridized carbons (Fsp3) is 0.188. The van der Waals surface area contributed by atoms with Crippen LogP contribution in [0, 0.1) is 5.82 Å². The van der Waals surface area contributed by atoms with Crippen LogP contribution in [0.1, 0.15) is 23.1 Å². The maximum absolute atomic E-state index is 13.0. The Morgan fingerprint density at radius 3 is 2.83 bits per heavy atom. The lowest BCUT2D eigenvalue weighted by atomic mass is 10.3. The van der Waals surface area contributed by atoms with E-state index in [1.54, 1.807) is 46.9 Å². The first-order valence-corrected chi connectivity index (χ1v) is 7.15. The fourth-order valence-corrected chi connectivity index (χ4v) is 2.20. The highest BCUT2D eigenvalue weighted by molar-refractivity contribution is 5.85. The highest BCUT2D eigenvalue weighted by atomic mass is 19.1. The number of hydrogen-bond donors (Lipinski definition) is 0. The van der Waals surface area contributed by atoms with Crippen molar-refractivity contribution in [2.24, 2.45) is 0 Å². The van der Waals surface area contributed by atoms with E-state index in [0.29, 0.717) is 13.2 Å². The van der Waals surface area contributed by atoms with Crippen LogP contribution in [-0.4, -0.2) is 31.9 Å². The molecule has 2 heterocycles. The predicted octanol–water partition coefficient (Wildman–Crippen LogP) is 2.43. The molecule has 2 aromatic heterocycles. The molecule has 0 bridgehead atoms. The van der Waals surface area contributed by atoms with Crippen LogP contribution < -0.4 is 0 Å². The number of hydrogen-bond acceptors (Lipinski definition) is 4. The summed E-state index contributed by atoms with van der Waals surface area (Å²) in [6, 6.07) is 6.05. The molecule has 0 fully saturated rings. The van der Waals surface area contributed by atoms with Gasteiger partial charge in [-0.2, -0.15) is 5.10 Å². The molecular formula is C16H15FN4O2. The van der Waals surface area contributed by atoms with E-state index in [2.05, 4.69) is 10.1 Å². The minimum Gasteiger partial charge on any atom is -0.460 e. The maximum Gasteiger partial charge on any atom is 0.374 e. The van der Waals surface area contributed by atoms with Gasteiger partial charge in [-0.05, 0) is 31.2 Å². The van der Waals surface area contributed by atoms with Crippen LogP contribution in [0.15, 0.2) is 49.1 Å². The Morgan fingerprint density at radius 1 is 1.30 bits per heavy atom. The number of halogens is 1. The highest BCUT2D eigenvalue weighted by Gasteiger charge is 2.14. The molecule has 7 heteroatoms. The molecular weight excluding hydrogens is 299 g/mol. The third-order valence-electron chi connectivity index (χ3n) is 3.25. The number of carbonyl (C=O) groups excluding carboxylic acids is 1. The topological polar surface area (TPSA) is 61.9 Å². The minimum absolute atomic E-state index is 0.251. The van der Waals surface area contributed by atoms with Gasteiger partial charge in [-0.1, -0.05) is 0 Å². The van der Waals surface area contributed by atoms with Crippen LogP contribution in [0.25, 0.3) is 5.69 Å². The van der Waals surface area contributed by atoms with E-state index in [1.165, 1.54) is 12.1 Å². The molecule has 3 aromatic rings. The number of carbonyl (C=O) groups is 1. The second kappa shape index (κ2) is 6.43. The van der Waals surface area contributed by atoms with Crippen LogP contribution >= 0.6 is 0 Å². The van der Waals surface area contributed by atoms with Crippen molar-refractivity contribution in [3.63, 3.8) is 0 Å². The van der Waals surface area contributed by atoms with Gasteiger partial charge in [-0.3, -0.25) is 0 Å². The van der Waals surface area contributed by atoms with Gasteiger partial charge in [0.15, 0.2) is 0 Å². The predicted molar refractivity (Wildman–Crippen MR) is 80.8 cm³/mol. The Kier molecular flexibility index (Phi) is 4.18. The number of rotatable bonds is 5. The number of ether oxygens (including phenoxy) is 1. The van der Waals surface area contributed by atoms with E-state index in [1.807, 2.05) is 6.20 Å². The molecule has 6 nitrogen and oxygen atoms in total. The third-order valence-corrected chi connectivity index (χ3v) is 3.25. The lowest BCUT2D eigenvalue weighted by Crippen LogP contribution is -2.13. The summed E-state index contributed by atoms with van der Waals surface area (Å²) in [5.74, 6) is -0.497. The molecule has 0 saturated heterocycles. The molecule has 118 valence electrons. The van der Waals surface area contributed by atoms with Crippen molar-refractivity contribution in [3.8, 4) is 5.69 Å². The minimum atomic E-state index is -0.455. The number of nitrogens with zero attached hydrogens (tertiary/aromatic N) is 4. The molecule has 0 radical (unpaired) electrons. The van der Waals surface area contributed by atoms with E-state index >= 15 is 0 Å². The fourth-order valence-electron chi connectivity index (χ4n) is 2.20. The second-order valence-corrected chi connectivity index (χ2v) is 4.87. The SMILES string of the molecule is CCOC(=O)c1nccn1Cc1cnn(-c2ccc(F)cc2)c1. The molecule has 0 spiro atoms. The van der Waals surface area contributed by atoms with Crippen LogP contribution in [-0.2, 0) is 11.3 Å². The molecule has 0 atom stereocenters. The average Bonchev–Trinajstić information content (AvgIpc) is 3.18. The quantitative estimate of drug-likeness (QED) is 0.679. The van der Waals surface area contributed by atoms with Gasteiger partial charge in [0.1, 0.15) is 5.82 Å². The molecule has 0 aliphatic rings. The molecule has 0 saturated carbocycles. The maximum atomic E-state index is 13.0. The zero-order valence-electron chi connectivity index (χ0n) is 12.5. The van der Waals surface area contributed by atoms with Crippen molar-refractivity contribution < 1.29 is 13.9 Å². The van der Waals surface area contributed by atoms with Gasteiger partial charge in [-0.15, -0.1) is 0 Å². The summed E-state index contributed by atoms with van der Waals surface area (Å²) in [5, 5.41) is 4.25. The monoisotopic (exact) mass is 314 g/mol. The lowest BCUT2D eigenvalue weighted by molar-refractivity contribution is 0.0507. The molecule has 3 rings (SSSR count). The Bertz CT molecular complexity index is 808. The van der Waals surface area contributed by atoms with Crippen molar-refractivity contribution >= 4 is 5.97 Å². The van der Waals surface area contributed by atoms with Gasteiger partial charge in [0.2, 0.25) is 5.82 Å². The Morgan fingerprint density at radius 2 is 2.09 bits per heavy atom. The van der Waals surface area contributed by atoms with Crippen molar-refractivity contribution in [1.82, 2.24) is 19.3 Å². The van der Waals surface area contributed by atoms with Crippen molar-refractivity contribution in [2.75, 3.05) is 6.61 Å². The van der Waals surface area contributed by atoms with Gasteiger partial charge in [-0.25, -0.2) is 18.9 Å². The van der Waals surface area contributed by atoms with E-state index in [-0.39, 0.29) is 11.6 Å². The number of benzene rings is 1. The van der Waals surface area contributed by atoms with Crippen LogP contribution in [0.4, 0.5) is 4.39 Å². The largest absolute Gasteiger partial charge is 0.460 e. The first-order chi connectivity index (χ1) is 11.2. The van der Waals surface area contributed by atoms with Crippen molar-refractivity contribution in [1.29, 1.82) is 0 Å². The van der Waals surface area contributed by atoms with Gasteiger partial charge in [0.05, 0.1) is 25.0 Å². The molecule has 1 aromatic carbocycles. The molecule has 0 aliphatic heterocycles. The first-order valence-electron chi connectivity index (χ1n) is 7.15. The van der Waals surface area contributed by atoms with Crippen LogP contribution in [0.5, 0.6) is 0 Å². The number of imidazole rings is 1. The van der Waals surface area contributed by atoms with Crippen molar-refractivity contribution in [2.45, 2.75) is 13.5 Å². The number of esters is 1. The Hall–Kier alpha value is -2.96. The molecule has 0 N–H and O–H groups in total. The summed E-state index contributed by atoms with van der Waals surface area (Å²) in [4.78, 5) is 15.8. The molecule has 0 unspecified atom stereocenters. The molecule has 0 aliphatic carbocycles. The summed E-state index contributed by atoms with van der Waals surface area (Å²) < 4.78 is 21.3. The third kappa shape index (κ3) is 3.28. The first kappa shape index (κ1) is 15.0. The zero-order chi connectivity index (χ0) is 16.2. The standard InChI is InChI=1S/C16H15FN4O2/c1-2-23-16(22)15-18-7-8-20(15)10-12-9-19-21(11-12)14-5-3-13(17)4-6-14/h3-9,11H,2,10H2,1H3. The van der Waals surface area contributed by atoms with E-state index in [4.69, 9.17) is 4.74 Å². The number of aromatic nitrogens is 4. The normalized spacial score (nSPS) is 10.7. The van der Waals surface area contributed by atoms with Gasteiger partial charge >= 0.3 is 5.97 Å². The van der Waals surface area contributed by atoms with Crippen LogP contribution in [0.2, 0.25) is 0 Å². The average molecular weight is 314 g/mol. The summed E-state index contributed by atoms with van der Waals surface area (Å²) in [6.45, 7) is 2.49. The van der Waals surface area contributed by atoms with E-state index < -0.39 is 5.97 Å². The summed E-state index contributed by atoms with van der Waals surface area (Å²) in [6.07, 6.45) is 6.78. The summed E-state index contributed by atoms with van der Waals surface area (Å²) in [7, 11) is 0. The van der Waals surface area contributed by atoms with E-state index in [9.17, 15) is 9.18 Å².